The number of amides is 1. The second kappa shape index (κ2) is 5.51. The minimum atomic E-state index is -0.473. The molecule has 4 heteroatoms. The first-order chi connectivity index (χ1) is 8.87. The summed E-state index contributed by atoms with van der Waals surface area (Å²) in [5.41, 5.74) is -0.473. The number of hydrogen-bond donors (Lipinski definition) is 0. The van der Waals surface area contributed by atoms with E-state index < -0.39 is 5.60 Å². The number of rotatable bonds is 2. The highest BCUT2D eigenvalue weighted by Crippen LogP contribution is 2.34. The van der Waals surface area contributed by atoms with E-state index in [2.05, 4.69) is 0 Å². The van der Waals surface area contributed by atoms with Crippen LogP contribution in [0.2, 0.25) is 0 Å². The molecule has 2 aliphatic rings. The highest BCUT2D eigenvalue weighted by molar-refractivity contribution is 5.86. The molecule has 0 spiro atoms. The Bertz CT molecular complexity index is 355. The Balaban J connectivity index is 1.95. The van der Waals surface area contributed by atoms with Crippen LogP contribution in [-0.2, 0) is 9.53 Å². The van der Waals surface area contributed by atoms with E-state index >= 15 is 0 Å². The van der Waals surface area contributed by atoms with Crippen LogP contribution in [0.1, 0.15) is 52.9 Å². The first-order valence-corrected chi connectivity index (χ1v) is 7.38. The van der Waals surface area contributed by atoms with Crippen molar-refractivity contribution in [2.45, 2.75) is 58.5 Å². The van der Waals surface area contributed by atoms with Crippen LogP contribution in [0.25, 0.3) is 0 Å². The van der Waals surface area contributed by atoms with Crippen molar-refractivity contribution in [3.05, 3.63) is 0 Å². The van der Waals surface area contributed by atoms with Crippen LogP contribution in [0.3, 0.4) is 0 Å². The van der Waals surface area contributed by atoms with Crippen molar-refractivity contribution >= 4 is 11.9 Å². The van der Waals surface area contributed by atoms with E-state index in [1.807, 2.05) is 20.8 Å². The fourth-order valence-electron chi connectivity index (χ4n) is 2.57. The molecule has 1 atom stereocenters. The molecule has 1 saturated carbocycles. The Kier molecular flexibility index (Phi) is 4.16. The number of hydrogen-bond acceptors (Lipinski definition) is 3. The summed E-state index contributed by atoms with van der Waals surface area (Å²) in [5, 5.41) is 0. The number of ketones is 1. The Hall–Kier alpha value is -1.06. The van der Waals surface area contributed by atoms with Crippen LogP contribution in [0, 0.1) is 11.8 Å². The normalized spacial score (nSPS) is 24.8. The fraction of sp³-hybridized carbons (Fsp3) is 0.867. The van der Waals surface area contributed by atoms with Gasteiger partial charge in [-0.2, -0.15) is 0 Å². The zero-order valence-corrected chi connectivity index (χ0v) is 12.3. The summed E-state index contributed by atoms with van der Waals surface area (Å²) < 4.78 is 5.41. The third kappa shape index (κ3) is 4.22. The third-order valence-corrected chi connectivity index (χ3v) is 3.71. The molecule has 19 heavy (non-hydrogen) atoms. The number of carbonyl (C=O) groups excluding carboxylic acids is 2. The van der Waals surface area contributed by atoms with Gasteiger partial charge in [0.1, 0.15) is 11.4 Å². The number of likely N-dealkylation sites (tertiary alicyclic amines) is 1. The standard InChI is InChI=1S/C15H25NO3/c1-15(2,3)19-14(18)16-9-5-4-6-12(10-16)13(17)11-7-8-11/h11-12H,4-10H2,1-3H3. The lowest BCUT2D eigenvalue weighted by molar-refractivity contribution is -0.124. The highest BCUT2D eigenvalue weighted by Gasteiger charge is 2.37. The minimum absolute atomic E-state index is 0.0301. The van der Waals surface area contributed by atoms with Gasteiger partial charge in [0.15, 0.2) is 0 Å². The molecule has 1 heterocycles. The van der Waals surface area contributed by atoms with E-state index in [9.17, 15) is 9.59 Å². The molecule has 1 unspecified atom stereocenters. The van der Waals surface area contributed by atoms with Gasteiger partial charge < -0.3 is 9.64 Å². The average molecular weight is 267 g/mol. The summed E-state index contributed by atoms with van der Waals surface area (Å²) in [6, 6.07) is 0. The zero-order valence-electron chi connectivity index (χ0n) is 12.3. The fourth-order valence-corrected chi connectivity index (χ4v) is 2.57. The van der Waals surface area contributed by atoms with E-state index in [1.165, 1.54) is 0 Å². The van der Waals surface area contributed by atoms with Crippen molar-refractivity contribution in [2.75, 3.05) is 13.1 Å². The molecule has 1 aliphatic heterocycles. The Morgan fingerprint density at radius 3 is 2.32 bits per heavy atom. The summed E-state index contributed by atoms with van der Waals surface area (Å²) in [5.74, 6) is 0.682. The lowest BCUT2D eigenvalue weighted by Gasteiger charge is -2.28. The van der Waals surface area contributed by atoms with Gasteiger partial charge in [0.2, 0.25) is 0 Å². The maximum Gasteiger partial charge on any atom is 0.410 e. The van der Waals surface area contributed by atoms with Crippen molar-refractivity contribution in [1.29, 1.82) is 0 Å². The van der Waals surface area contributed by atoms with Crippen molar-refractivity contribution < 1.29 is 14.3 Å². The second-order valence-electron chi connectivity index (χ2n) is 6.80. The molecule has 1 saturated heterocycles. The van der Waals surface area contributed by atoms with Gasteiger partial charge in [0, 0.05) is 24.9 Å². The summed E-state index contributed by atoms with van der Waals surface area (Å²) in [6.07, 6.45) is 4.73. The topological polar surface area (TPSA) is 46.6 Å². The Morgan fingerprint density at radius 2 is 1.74 bits per heavy atom. The van der Waals surface area contributed by atoms with E-state index in [1.54, 1.807) is 4.90 Å². The molecule has 0 bridgehead atoms. The molecular weight excluding hydrogens is 242 g/mol. The van der Waals surface area contributed by atoms with Crippen molar-refractivity contribution in [1.82, 2.24) is 4.90 Å². The number of carbonyl (C=O) groups is 2. The maximum atomic E-state index is 12.2. The van der Waals surface area contributed by atoms with Crippen LogP contribution in [-0.4, -0.2) is 35.5 Å². The van der Waals surface area contributed by atoms with E-state index in [0.29, 0.717) is 18.9 Å². The van der Waals surface area contributed by atoms with Gasteiger partial charge in [-0.3, -0.25) is 4.79 Å². The largest absolute Gasteiger partial charge is 0.444 e. The van der Waals surface area contributed by atoms with Gasteiger partial charge in [-0.15, -0.1) is 0 Å². The smallest absolute Gasteiger partial charge is 0.410 e. The number of ether oxygens (including phenoxy) is 1. The van der Waals surface area contributed by atoms with Crippen LogP contribution in [0.15, 0.2) is 0 Å². The molecule has 4 nitrogen and oxygen atoms in total. The first kappa shape index (κ1) is 14.4. The van der Waals surface area contributed by atoms with Gasteiger partial charge in [-0.1, -0.05) is 6.42 Å². The monoisotopic (exact) mass is 267 g/mol. The lowest BCUT2D eigenvalue weighted by atomic mass is 9.95. The quantitative estimate of drug-likeness (QED) is 0.772. The van der Waals surface area contributed by atoms with Crippen LogP contribution < -0.4 is 0 Å². The minimum Gasteiger partial charge on any atom is -0.444 e. The Labute approximate surface area is 115 Å². The van der Waals surface area contributed by atoms with Gasteiger partial charge in [0.25, 0.3) is 0 Å². The number of nitrogens with zero attached hydrogens (tertiary/aromatic N) is 1. The van der Waals surface area contributed by atoms with Crippen LogP contribution in [0.4, 0.5) is 4.79 Å². The maximum absolute atomic E-state index is 12.2. The predicted molar refractivity (Wildman–Crippen MR) is 72.9 cm³/mol. The van der Waals surface area contributed by atoms with E-state index in [4.69, 9.17) is 4.74 Å². The van der Waals surface area contributed by atoms with Gasteiger partial charge in [-0.05, 0) is 46.5 Å². The second-order valence-corrected chi connectivity index (χ2v) is 6.80. The molecule has 0 aromatic heterocycles. The van der Waals surface area contributed by atoms with Crippen molar-refractivity contribution in [3.8, 4) is 0 Å². The highest BCUT2D eigenvalue weighted by atomic mass is 16.6. The molecular formula is C15H25NO3. The summed E-state index contributed by atoms with van der Waals surface area (Å²) in [6.45, 7) is 6.87. The first-order valence-electron chi connectivity index (χ1n) is 7.38. The average Bonchev–Trinajstić information content (AvgIpc) is 3.13. The Morgan fingerprint density at radius 1 is 1.05 bits per heavy atom. The van der Waals surface area contributed by atoms with Gasteiger partial charge >= 0.3 is 6.09 Å². The van der Waals surface area contributed by atoms with Crippen LogP contribution >= 0.6 is 0 Å². The molecule has 0 aromatic carbocycles. The van der Waals surface area contributed by atoms with Gasteiger partial charge in [-0.25, -0.2) is 4.79 Å². The number of Topliss-reactive ketones (excluding diaryl/α,β-unsaturated/α-hetero) is 1. The molecule has 0 radical (unpaired) electrons. The van der Waals surface area contributed by atoms with Crippen molar-refractivity contribution in [2.24, 2.45) is 11.8 Å². The molecule has 0 N–H and O–H groups in total. The summed E-state index contributed by atoms with van der Waals surface area (Å²) in [7, 11) is 0. The summed E-state index contributed by atoms with van der Waals surface area (Å²) >= 11 is 0. The van der Waals surface area contributed by atoms with E-state index in [-0.39, 0.29) is 17.9 Å². The molecule has 1 amide bonds. The molecule has 2 rings (SSSR count). The van der Waals surface area contributed by atoms with Crippen molar-refractivity contribution in [3.63, 3.8) is 0 Å². The molecule has 1 aliphatic carbocycles. The van der Waals surface area contributed by atoms with Crippen LogP contribution in [0.5, 0.6) is 0 Å². The predicted octanol–water partition coefficient (Wildman–Crippen LogP) is 3.00. The molecule has 2 fully saturated rings. The SMILES string of the molecule is CC(C)(C)OC(=O)N1CCCCC(C(=O)C2CC2)C1. The van der Waals surface area contributed by atoms with E-state index in [0.717, 1.165) is 32.1 Å². The van der Waals surface area contributed by atoms with Gasteiger partial charge in [0.05, 0.1) is 0 Å². The third-order valence-electron chi connectivity index (χ3n) is 3.71. The summed E-state index contributed by atoms with van der Waals surface area (Å²) in [4.78, 5) is 26.0. The molecule has 108 valence electrons. The zero-order chi connectivity index (χ0) is 14.0. The lowest BCUT2D eigenvalue weighted by Crippen LogP contribution is -2.40. The molecule has 0 aromatic rings.